The predicted molar refractivity (Wildman–Crippen MR) is 52.9 cm³/mol. The maximum atomic E-state index is 4.62. The molecule has 0 aliphatic carbocycles. The molecule has 2 rings (SSSR count). The average Bonchev–Trinajstić information content (AvgIpc) is 2.84. The summed E-state index contributed by atoms with van der Waals surface area (Å²) in [5.41, 5.74) is 1.22. The average molecular weight is 207 g/mol. The number of hydrogen-bond acceptors (Lipinski definition) is 5. The molecule has 0 aliphatic rings. The molecule has 0 atom stereocenters. The van der Waals surface area contributed by atoms with Crippen molar-refractivity contribution in [2.45, 2.75) is 13.0 Å². The fraction of sp³-hybridized carbons (Fsp3) is 0.444. The molecule has 2 heterocycles. The van der Waals surface area contributed by atoms with E-state index in [0.717, 1.165) is 13.0 Å². The van der Waals surface area contributed by atoms with Gasteiger partial charge in [0.25, 0.3) is 0 Å². The fourth-order valence-corrected chi connectivity index (χ4v) is 1.30. The van der Waals surface area contributed by atoms with Crippen molar-refractivity contribution in [3.8, 4) is 0 Å². The molecule has 0 bridgehead atoms. The van der Waals surface area contributed by atoms with Crippen LogP contribution in [0.4, 0.5) is 0 Å². The second kappa shape index (κ2) is 4.70. The molecule has 0 unspecified atom stereocenters. The minimum Gasteiger partial charge on any atom is -0.343 e. The Bertz CT molecular complexity index is 394. The topological polar surface area (TPSA) is 68.8 Å². The third-order valence-electron chi connectivity index (χ3n) is 2.04. The van der Waals surface area contributed by atoms with Gasteiger partial charge in [0, 0.05) is 13.2 Å². The summed E-state index contributed by atoms with van der Waals surface area (Å²) in [6, 6.07) is 0. The van der Waals surface area contributed by atoms with Crippen LogP contribution in [0.15, 0.2) is 23.3 Å². The van der Waals surface area contributed by atoms with E-state index >= 15 is 0 Å². The van der Waals surface area contributed by atoms with Crippen LogP contribution in [0.5, 0.6) is 0 Å². The molecule has 0 aromatic carbocycles. The summed E-state index contributed by atoms with van der Waals surface area (Å²) in [6.07, 6.45) is 6.16. The SMILES string of the molecule is Cn1cc(CCNCc2ncon2)cn1. The van der Waals surface area contributed by atoms with Crippen molar-refractivity contribution < 1.29 is 4.52 Å². The molecule has 6 heteroatoms. The summed E-state index contributed by atoms with van der Waals surface area (Å²) < 4.78 is 6.42. The molecule has 1 N–H and O–H groups in total. The van der Waals surface area contributed by atoms with Crippen LogP contribution in [-0.4, -0.2) is 26.5 Å². The molecule has 0 spiro atoms. The Balaban J connectivity index is 1.67. The molecule has 2 aromatic rings. The highest BCUT2D eigenvalue weighted by Gasteiger charge is 1.98. The van der Waals surface area contributed by atoms with Gasteiger partial charge in [-0.05, 0) is 18.5 Å². The third-order valence-corrected chi connectivity index (χ3v) is 2.04. The highest BCUT2D eigenvalue weighted by atomic mass is 16.5. The second-order valence-corrected chi connectivity index (χ2v) is 3.30. The van der Waals surface area contributed by atoms with Crippen LogP contribution in [0.2, 0.25) is 0 Å². The number of nitrogens with one attached hydrogen (secondary N) is 1. The van der Waals surface area contributed by atoms with Crippen LogP contribution >= 0.6 is 0 Å². The Morgan fingerprint density at radius 1 is 1.53 bits per heavy atom. The van der Waals surface area contributed by atoms with E-state index in [4.69, 9.17) is 0 Å². The van der Waals surface area contributed by atoms with E-state index in [-0.39, 0.29) is 0 Å². The Morgan fingerprint density at radius 2 is 2.47 bits per heavy atom. The molecule has 80 valence electrons. The number of hydrogen-bond donors (Lipinski definition) is 1. The van der Waals surface area contributed by atoms with Crippen molar-refractivity contribution >= 4 is 0 Å². The monoisotopic (exact) mass is 207 g/mol. The molecule has 15 heavy (non-hydrogen) atoms. The quantitative estimate of drug-likeness (QED) is 0.706. The normalized spacial score (nSPS) is 10.7. The minimum atomic E-state index is 0.636. The van der Waals surface area contributed by atoms with Gasteiger partial charge in [-0.15, -0.1) is 0 Å². The Labute approximate surface area is 87.3 Å². The maximum absolute atomic E-state index is 4.62. The van der Waals surface area contributed by atoms with Crippen LogP contribution < -0.4 is 5.32 Å². The summed E-state index contributed by atoms with van der Waals surface area (Å²) >= 11 is 0. The van der Waals surface area contributed by atoms with Gasteiger partial charge >= 0.3 is 0 Å². The van der Waals surface area contributed by atoms with E-state index in [9.17, 15) is 0 Å². The predicted octanol–water partition coefficient (Wildman–Crippen LogP) is 0.135. The van der Waals surface area contributed by atoms with E-state index in [0.29, 0.717) is 12.4 Å². The summed E-state index contributed by atoms with van der Waals surface area (Å²) in [4.78, 5) is 3.91. The maximum Gasteiger partial charge on any atom is 0.213 e. The van der Waals surface area contributed by atoms with Crippen molar-refractivity contribution in [3.05, 3.63) is 30.2 Å². The standard InChI is InChI=1S/C9H13N5O/c1-14-6-8(4-12-14)2-3-10-5-9-11-7-15-13-9/h4,6-7,10H,2-3,5H2,1H3. The molecular formula is C9H13N5O. The van der Waals surface area contributed by atoms with E-state index in [1.807, 2.05) is 19.4 Å². The molecule has 0 aliphatic heterocycles. The van der Waals surface area contributed by atoms with Gasteiger partial charge in [0.1, 0.15) is 0 Å². The fourth-order valence-electron chi connectivity index (χ4n) is 1.30. The smallest absolute Gasteiger partial charge is 0.213 e. The van der Waals surface area contributed by atoms with E-state index < -0.39 is 0 Å². The van der Waals surface area contributed by atoms with Crippen LogP contribution in [0.1, 0.15) is 11.4 Å². The van der Waals surface area contributed by atoms with Crippen molar-refractivity contribution in [3.63, 3.8) is 0 Å². The lowest BCUT2D eigenvalue weighted by Gasteiger charge is -1.98. The number of aryl methyl sites for hydroxylation is 1. The van der Waals surface area contributed by atoms with Gasteiger partial charge in [0.15, 0.2) is 5.82 Å². The minimum absolute atomic E-state index is 0.636. The van der Waals surface area contributed by atoms with Gasteiger partial charge in [0.2, 0.25) is 6.39 Å². The lowest BCUT2D eigenvalue weighted by Crippen LogP contribution is -2.17. The molecule has 0 fully saturated rings. The van der Waals surface area contributed by atoms with Gasteiger partial charge in [-0.25, -0.2) is 0 Å². The van der Waals surface area contributed by atoms with Gasteiger partial charge in [-0.3, -0.25) is 4.68 Å². The molecule has 0 amide bonds. The van der Waals surface area contributed by atoms with E-state index in [2.05, 4.69) is 25.1 Å². The highest BCUT2D eigenvalue weighted by Crippen LogP contribution is 1.96. The van der Waals surface area contributed by atoms with Gasteiger partial charge in [-0.1, -0.05) is 5.16 Å². The van der Waals surface area contributed by atoms with Crippen LogP contribution in [-0.2, 0) is 20.0 Å². The molecule has 0 saturated heterocycles. The van der Waals surface area contributed by atoms with Gasteiger partial charge < -0.3 is 9.84 Å². The zero-order chi connectivity index (χ0) is 10.5. The van der Waals surface area contributed by atoms with Crippen LogP contribution in [0.3, 0.4) is 0 Å². The zero-order valence-corrected chi connectivity index (χ0v) is 8.55. The van der Waals surface area contributed by atoms with Crippen molar-refractivity contribution in [2.75, 3.05) is 6.54 Å². The highest BCUT2D eigenvalue weighted by molar-refractivity contribution is 5.03. The molecular weight excluding hydrogens is 194 g/mol. The largest absolute Gasteiger partial charge is 0.343 e. The third kappa shape index (κ3) is 2.88. The first-order valence-corrected chi connectivity index (χ1v) is 4.78. The van der Waals surface area contributed by atoms with Gasteiger partial charge in [-0.2, -0.15) is 10.1 Å². The number of rotatable bonds is 5. The van der Waals surface area contributed by atoms with Gasteiger partial charge in [0.05, 0.1) is 12.7 Å². The summed E-state index contributed by atoms with van der Waals surface area (Å²) in [7, 11) is 1.91. The second-order valence-electron chi connectivity index (χ2n) is 3.30. The summed E-state index contributed by atoms with van der Waals surface area (Å²) in [5.74, 6) is 0.682. The lowest BCUT2D eigenvalue weighted by atomic mass is 10.2. The molecule has 0 radical (unpaired) electrons. The molecule has 2 aromatic heterocycles. The Morgan fingerprint density at radius 3 is 3.13 bits per heavy atom. The van der Waals surface area contributed by atoms with Crippen LogP contribution in [0, 0.1) is 0 Å². The van der Waals surface area contributed by atoms with Crippen molar-refractivity contribution in [2.24, 2.45) is 7.05 Å². The number of aromatic nitrogens is 4. The zero-order valence-electron chi connectivity index (χ0n) is 8.55. The Kier molecular flexibility index (Phi) is 3.08. The van der Waals surface area contributed by atoms with Crippen molar-refractivity contribution in [1.29, 1.82) is 0 Å². The first-order chi connectivity index (χ1) is 7.34. The van der Waals surface area contributed by atoms with E-state index in [1.54, 1.807) is 4.68 Å². The summed E-state index contributed by atoms with van der Waals surface area (Å²) in [5, 5.41) is 11.0. The Hall–Kier alpha value is -1.69. The summed E-state index contributed by atoms with van der Waals surface area (Å²) in [6.45, 7) is 1.51. The molecule has 6 nitrogen and oxygen atoms in total. The van der Waals surface area contributed by atoms with Crippen molar-refractivity contribution in [1.82, 2.24) is 25.2 Å². The molecule has 0 saturated carbocycles. The first-order valence-electron chi connectivity index (χ1n) is 4.78. The number of nitrogens with zero attached hydrogens (tertiary/aromatic N) is 4. The first kappa shape index (κ1) is 9.85. The van der Waals surface area contributed by atoms with Crippen LogP contribution in [0.25, 0.3) is 0 Å². The lowest BCUT2D eigenvalue weighted by molar-refractivity contribution is 0.407. The van der Waals surface area contributed by atoms with E-state index in [1.165, 1.54) is 12.0 Å².